The Hall–Kier alpha value is -1.39. The number of carbonyl (C=O) groups is 1. The van der Waals surface area contributed by atoms with Crippen molar-refractivity contribution in [2.45, 2.75) is 31.6 Å². The molecule has 2 atom stereocenters. The molecule has 3 nitrogen and oxygen atoms in total. The fraction of sp³-hybridized carbons (Fsp3) is 0.545. The number of aliphatic carboxylic acids is 1. The summed E-state index contributed by atoms with van der Waals surface area (Å²) in [5.74, 6) is -4.30. The quantitative estimate of drug-likeness (QED) is 0.865. The Kier molecular flexibility index (Phi) is 2.48. The highest BCUT2D eigenvalue weighted by Gasteiger charge is 2.41. The van der Waals surface area contributed by atoms with Crippen molar-refractivity contribution in [1.82, 2.24) is 0 Å². The van der Waals surface area contributed by atoms with E-state index >= 15 is 0 Å². The number of hydrogen-bond donors (Lipinski definition) is 1. The van der Waals surface area contributed by atoms with E-state index in [1.165, 1.54) is 12.1 Å². The molecule has 1 aliphatic carbocycles. The van der Waals surface area contributed by atoms with Crippen molar-refractivity contribution in [2.24, 2.45) is 5.92 Å². The minimum atomic E-state index is -3.43. The van der Waals surface area contributed by atoms with Crippen LogP contribution in [0.15, 0.2) is 16.5 Å². The summed E-state index contributed by atoms with van der Waals surface area (Å²) in [7, 11) is 0. The van der Waals surface area contributed by atoms with Gasteiger partial charge in [-0.1, -0.05) is 6.92 Å². The first-order chi connectivity index (χ1) is 7.40. The van der Waals surface area contributed by atoms with E-state index < -0.39 is 24.1 Å². The number of hydrogen-bond acceptors (Lipinski definition) is 2. The summed E-state index contributed by atoms with van der Waals surface area (Å²) >= 11 is 0. The molecule has 1 fully saturated rings. The van der Waals surface area contributed by atoms with Gasteiger partial charge in [-0.2, -0.15) is 8.78 Å². The number of carboxylic acids is 1. The van der Waals surface area contributed by atoms with Gasteiger partial charge < -0.3 is 9.52 Å². The van der Waals surface area contributed by atoms with Gasteiger partial charge in [-0.15, -0.1) is 0 Å². The molecule has 16 heavy (non-hydrogen) atoms. The zero-order valence-corrected chi connectivity index (χ0v) is 8.74. The highest BCUT2D eigenvalue weighted by molar-refractivity contribution is 5.68. The SMILES string of the molecule is CC1CC1c1ccc(C(F)(F)CC(=O)O)o1. The number of alkyl halides is 2. The number of rotatable bonds is 4. The van der Waals surface area contributed by atoms with E-state index in [1.807, 2.05) is 6.92 Å². The summed E-state index contributed by atoms with van der Waals surface area (Å²) in [4.78, 5) is 10.3. The molecule has 0 bridgehead atoms. The van der Waals surface area contributed by atoms with Crippen molar-refractivity contribution in [3.05, 3.63) is 23.7 Å². The second-order valence-electron chi connectivity index (χ2n) is 4.30. The molecule has 1 N–H and O–H groups in total. The van der Waals surface area contributed by atoms with Crippen LogP contribution in [0.5, 0.6) is 0 Å². The minimum absolute atomic E-state index is 0.217. The Balaban J connectivity index is 2.14. The van der Waals surface area contributed by atoms with Crippen LogP contribution < -0.4 is 0 Å². The lowest BCUT2D eigenvalue weighted by atomic mass is 10.2. The third-order valence-electron chi connectivity index (χ3n) is 2.84. The van der Waals surface area contributed by atoms with Crippen LogP contribution in [0, 0.1) is 5.92 Å². The van der Waals surface area contributed by atoms with E-state index in [-0.39, 0.29) is 5.92 Å². The Morgan fingerprint density at radius 1 is 1.62 bits per heavy atom. The Labute approximate surface area is 91.1 Å². The lowest BCUT2D eigenvalue weighted by Crippen LogP contribution is -2.17. The first-order valence-electron chi connectivity index (χ1n) is 5.10. The van der Waals surface area contributed by atoms with E-state index in [0.717, 1.165) is 6.42 Å². The van der Waals surface area contributed by atoms with Gasteiger partial charge in [-0.3, -0.25) is 4.79 Å². The fourth-order valence-corrected chi connectivity index (χ4v) is 1.74. The standard InChI is InChI=1S/C11H12F2O3/c1-6-4-7(6)8-2-3-9(16-8)11(12,13)5-10(14)15/h2-3,6-7H,4-5H2,1H3,(H,14,15). The van der Waals surface area contributed by atoms with Gasteiger partial charge in [-0.25, -0.2) is 0 Å². The maximum Gasteiger partial charge on any atom is 0.315 e. The van der Waals surface area contributed by atoms with Gasteiger partial charge >= 0.3 is 11.9 Å². The average Bonchev–Trinajstić information content (AvgIpc) is 2.69. The van der Waals surface area contributed by atoms with Crippen LogP contribution in [-0.4, -0.2) is 11.1 Å². The van der Waals surface area contributed by atoms with Gasteiger partial charge in [0.15, 0.2) is 5.76 Å². The molecule has 1 saturated carbocycles. The van der Waals surface area contributed by atoms with Crippen LogP contribution >= 0.6 is 0 Å². The predicted molar refractivity (Wildman–Crippen MR) is 51.4 cm³/mol. The third kappa shape index (κ3) is 2.08. The van der Waals surface area contributed by atoms with Crippen LogP contribution in [0.1, 0.15) is 37.2 Å². The summed E-state index contributed by atoms with van der Waals surface area (Å²) in [6, 6.07) is 2.68. The van der Waals surface area contributed by atoms with E-state index in [0.29, 0.717) is 11.7 Å². The predicted octanol–water partition coefficient (Wildman–Crippen LogP) is 2.97. The zero-order chi connectivity index (χ0) is 11.9. The van der Waals surface area contributed by atoms with Crippen molar-refractivity contribution >= 4 is 5.97 Å². The molecule has 0 spiro atoms. The molecule has 1 aliphatic rings. The molecular formula is C11H12F2O3. The molecule has 88 valence electrons. The molecule has 2 rings (SSSR count). The molecule has 0 aromatic carbocycles. The van der Waals surface area contributed by atoms with Crippen LogP contribution in [0.2, 0.25) is 0 Å². The van der Waals surface area contributed by atoms with Gasteiger partial charge in [0.05, 0.1) is 0 Å². The Morgan fingerprint density at radius 2 is 2.25 bits per heavy atom. The smallest absolute Gasteiger partial charge is 0.315 e. The number of furan rings is 1. The molecular weight excluding hydrogens is 218 g/mol. The lowest BCUT2D eigenvalue weighted by molar-refractivity contribution is -0.146. The maximum atomic E-state index is 13.3. The van der Waals surface area contributed by atoms with Crippen molar-refractivity contribution in [3.8, 4) is 0 Å². The van der Waals surface area contributed by atoms with Crippen molar-refractivity contribution in [1.29, 1.82) is 0 Å². The average molecular weight is 230 g/mol. The van der Waals surface area contributed by atoms with Crippen LogP contribution in [0.4, 0.5) is 8.78 Å². The van der Waals surface area contributed by atoms with E-state index in [2.05, 4.69) is 0 Å². The lowest BCUT2D eigenvalue weighted by Gasteiger charge is -2.10. The normalized spacial score (nSPS) is 24.4. The fourth-order valence-electron chi connectivity index (χ4n) is 1.74. The van der Waals surface area contributed by atoms with Gasteiger partial charge in [0, 0.05) is 5.92 Å². The monoisotopic (exact) mass is 230 g/mol. The molecule has 0 amide bonds. The molecule has 2 unspecified atom stereocenters. The summed E-state index contributed by atoms with van der Waals surface area (Å²) < 4.78 is 31.7. The van der Waals surface area contributed by atoms with Gasteiger partial charge in [0.25, 0.3) is 0 Å². The summed E-state index contributed by atoms with van der Waals surface area (Å²) in [5, 5.41) is 8.36. The van der Waals surface area contributed by atoms with Crippen molar-refractivity contribution < 1.29 is 23.1 Å². The molecule has 5 heteroatoms. The van der Waals surface area contributed by atoms with Gasteiger partial charge in [0.2, 0.25) is 0 Å². The van der Waals surface area contributed by atoms with E-state index in [1.54, 1.807) is 0 Å². The highest BCUT2D eigenvalue weighted by Crippen LogP contribution is 2.48. The molecule has 0 radical (unpaired) electrons. The Bertz CT molecular complexity index is 411. The van der Waals surface area contributed by atoms with E-state index in [9.17, 15) is 13.6 Å². The largest absolute Gasteiger partial charge is 0.481 e. The topological polar surface area (TPSA) is 50.4 Å². The van der Waals surface area contributed by atoms with Gasteiger partial charge in [-0.05, 0) is 24.5 Å². The molecule has 0 saturated heterocycles. The van der Waals surface area contributed by atoms with Crippen LogP contribution in [0.3, 0.4) is 0 Å². The maximum absolute atomic E-state index is 13.3. The number of carboxylic acid groups (broad SMARTS) is 1. The first-order valence-corrected chi connectivity index (χ1v) is 5.10. The second-order valence-corrected chi connectivity index (χ2v) is 4.30. The van der Waals surface area contributed by atoms with E-state index in [4.69, 9.17) is 9.52 Å². The van der Waals surface area contributed by atoms with Crippen molar-refractivity contribution in [3.63, 3.8) is 0 Å². The summed E-state index contributed by atoms with van der Waals surface area (Å²) in [5.41, 5.74) is 0. The van der Waals surface area contributed by atoms with Crippen LogP contribution in [0.25, 0.3) is 0 Å². The summed E-state index contributed by atoms with van der Waals surface area (Å²) in [6.45, 7) is 2.02. The number of halogens is 2. The first kappa shape index (κ1) is 11.1. The Morgan fingerprint density at radius 3 is 2.75 bits per heavy atom. The minimum Gasteiger partial charge on any atom is -0.481 e. The van der Waals surface area contributed by atoms with Gasteiger partial charge in [0.1, 0.15) is 12.2 Å². The molecule has 0 aliphatic heterocycles. The zero-order valence-electron chi connectivity index (χ0n) is 8.74. The van der Waals surface area contributed by atoms with Crippen molar-refractivity contribution in [2.75, 3.05) is 0 Å². The van der Waals surface area contributed by atoms with Crippen LogP contribution in [-0.2, 0) is 10.7 Å². The molecule has 1 heterocycles. The molecule has 1 aromatic heterocycles. The third-order valence-corrected chi connectivity index (χ3v) is 2.84. The second kappa shape index (κ2) is 3.57. The molecule has 1 aromatic rings. The summed E-state index contributed by atoms with van der Waals surface area (Å²) in [6.07, 6.45) is -0.294. The highest BCUT2D eigenvalue weighted by atomic mass is 19.3.